The van der Waals surface area contributed by atoms with Gasteiger partial charge in [0.25, 0.3) is 0 Å². The first-order valence-corrected chi connectivity index (χ1v) is 3.09. The van der Waals surface area contributed by atoms with E-state index in [1.54, 1.807) is 0 Å². The summed E-state index contributed by atoms with van der Waals surface area (Å²) in [6.45, 7) is 0. The molecule has 0 aromatic heterocycles. The molecule has 0 saturated carbocycles. The summed E-state index contributed by atoms with van der Waals surface area (Å²) in [5.41, 5.74) is 1.01. The molecule has 1 aliphatic rings. The summed E-state index contributed by atoms with van der Waals surface area (Å²) >= 11 is 0. The Morgan fingerprint density at radius 3 is 3.20 bits per heavy atom. The van der Waals surface area contributed by atoms with Crippen molar-refractivity contribution in [2.75, 3.05) is 0 Å². The van der Waals surface area contributed by atoms with Gasteiger partial charge in [0.05, 0.1) is 12.5 Å². The summed E-state index contributed by atoms with van der Waals surface area (Å²) in [4.78, 5) is 0. The minimum absolute atomic E-state index is 0.463. The van der Waals surface area contributed by atoms with Crippen molar-refractivity contribution in [3.05, 3.63) is 36.2 Å². The van der Waals surface area contributed by atoms with E-state index in [9.17, 15) is 0 Å². The number of nitrogens with zero attached hydrogens (tertiary/aromatic N) is 1. The highest BCUT2D eigenvalue weighted by Gasteiger charge is 1.89. The Morgan fingerprint density at radius 1 is 1.50 bits per heavy atom. The Bertz CT molecular complexity index is 228. The van der Waals surface area contributed by atoms with Gasteiger partial charge in [0.1, 0.15) is 0 Å². The minimum Gasteiger partial charge on any atom is -0.367 e. The Hall–Kier alpha value is -1.49. The molecule has 0 saturated heterocycles. The van der Waals surface area contributed by atoms with E-state index in [4.69, 9.17) is 5.26 Å². The topological polar surface area (TPSA) is 35.8 Å². The fourth-order valence-corrected chi connectivity index (χ4v) is 0.695. The predicted octanol–water partition coefficient (Wildman–Crippen LogP) is 1.46. The summed E-state index contributed by atoms with van der Waals surface area (Å²) in [6.07, 6.45) is 9.82. The number of allylic oxidation sites excluding steroid dienone is 4. The molecular formula is C8H8N2. The molecule has 0 aromatic carbocycles. The molecular weight excluding hydrogens is 124 g/mol. The van der Waals surface area contributed by atoms with Crippen molar-refractivity contribution in [2.45, 2.75) is 6.42 Å². The Labute approximate surface area is 60.2 Å². The average Bonchev–Trinajstić information content (AvgIpc) is 2.17. The van der Waals surface area contributed by atoms with Gasteiger partial charge in [-0.05, 0) is 11.6 Å². The molecule has 0 unspecified atom stereocenters. The second kappa shape index (κ2) is 3.52. The van der Waals surface area contributed by atoms with Crippen molar-refractivity contribution >= 4 is 0 Å². The average molecular weight is 132 g/mol. The molecule has 1 rings (SSSR count). The minimum atomic E-state index is 0.463. The van der Waals surface area contributed by atoms with Crippen molar-refractivity contribution in [1.29, 1.82) is 5.26 Å². The molecule has 0 aliphatic carbocycles. The highest BCUT2D eigenvalue weighted by atomic mass is 14.8. The van der Waals surface area contributed by atoms with E-state index >= 15 is 0 Å². The zero-order chi connectivity index (χ0) is 7.23. The van der Waals surface area contributed by atoms with E-state index in [2.05, 4.69) is 11.4 Å². The lowest BCUT2D eigenvalue weighted by Crippen LogP contribution is -1.91. The van der Waals surface area contributed by atoms with Crippen LogP contribution in [0.15, 0.2) is 36.2 Å². The van der Waals surface area contributed by atoms with Crippen LogP contribution in [0.2, 0.25) is 0 Å². The van der Waals surface area contributed by atoms with Crippen LogP contribution in [0, 0.1) is 11.3 Å². The van der Waals surface area contributed by atoms with E-state index in [1.807, 2.05) is 30.6 Å². The van der Waals surface area contributed by atoms with Gasteiger partial charge in [0, 0.05) is 12.4 Å². The van der Waals surface area contributed by atoms with E-state index < -0.39 is 0 Å². The molecule has 50 valence electrons. The van der Waals surface area contributed by atoms with Crippen LogP contribution in [-0.2, 0) is 0 Å². The second-order valence-corrected chi connectivity index (χ2v) is 1.94. The fourth-order valence-electron chi connectivity index (χ4n) is 0.695. The van der Waals surface area contributed by atoms with Gasteiger partial charge >= 0.3 is 0 Å². The van der Waals surface area contributed by atoms with E-state index in [1.165, 1.54) is 0 Å². The van der Waals surface area contributed by atoms with Gasteiger partial charge in [-0.15, -0.1) is 0 Å². The summed E-state index contributed by atoms with van der Waals surface area (Å²) in [5.74, 6) is 0. The predicted molar refractivity (Wildman–Crippen MR) is 39.7 cm³/mol. The normalized spacial score (nSPS) is 14.9. The molecule has 1 aliphatic heterocycles. The van der Waals surface area contributed by atoms with Gasteiger partial charge in [-0.25, -0.2) is 0 Å². The molecule has 0 spiro atoms. The third-order valence-corrected chi connectivity index (χ3v) is 1.17. The van der Waals surface area contributed by atoms with Crippen LogP contribution in [0.5, 0.6) is 0 Å². The molecule has 1 N–H and O–H groups in total. The summed E-state index contributed by atoms with van der Waals surface area (Å²) in [7, 11) is 0. The van der Waals surface area contributed by atoms with Crippen molar-refractivity contribution in [3.63, 3.8) is 0 Å². The van der Waals surface area contributed by atoms with E-state index in [0.29, 0.717) is 6.42 Å². The maximum absolute atomic E-state index is 8.34. The van der Waals surface area contributed by atoms with Crippen molar-refractivity contribution in [2.24, 2.45) is 0 Å². The van der Waals surface area contributed by atoms with Crippen LogP contribution < -0.4 is 5.32 Å². The fraction of sp³-hybridized carbons (Fsp3) is 0.125. The highest BCUT2D eigenvalue weighted by molar-refractivity contribution is 5.27. The third-order valence-electron chi connectivity index (χ3n) is 1.17. The maximum Gasteiger partial charge on any atom is 0.0670 e. The van der Waals surface area contributed by atoms with E-state index in [-0.39, 0.29) is 0 Å². The number of nitrogens with one attached hydrogen (secondary N) is 1. The maximum atomic E-state index is 8.34. The first kappa shape index (κ1) is 6.63. The first-order chi connectivity index (χ1) is 4.93. The van der Waals surface area contributed by atoms with Gasteiger partial charge < -0.3 is 5.32 Å². The largest absolute Gasteiger partial charge is 0.367 e. The molecule has 0 fully saturated rings. The molecule has 0 bridgehead atoms. The number of hydrogen-bond donors (Lipinski definition) is 1. The zero-order valence-corrected chi connectivity index (χ0v) is 5.54. The van der Waals surface area contributed by atoms with Crippen LogP contribution >= 0.6 is 0 Å². The van der Waals surface area contributed by atoms with Gasteiger partial charge in [-0.2, -0.15) is 5.26 Å². The van der Waals surface area contributed by atoms with Gasteiger partial charge in [-0.1, -0.05) is 12.2 Å². The highest BCUT2D eigenvalue weighted by Crippen LogP contribution is 2.02. The first-order valence-electron chi connectivity index (χ1n) is 3.09. The summed E-state index contributed by atoms with van der Waals surface area (Å²) < 4.78 is 0. The quantitative estimate of drug-likeness (QED) is 0.586. The zero-order valence-electron chi connectivity index (χ0n) is 5.54. The number of nitriles is 1. The molecule has 0 amide bonds. The smallest absolute Gasteiger partial charge is 0.0670 e. The molecule has 0 radical (unpaired) electrons. The molecule has 2 nitrogen and oxygen atoms in total. The van der Waals surface area contributed by atoms with Gasteiger partial charge in [0.2, 0.25) is 0 Å². The molecule has 0 atom stereocenters. The Morgan fingerprint density at radius 2 is 2.40 bits per heavy atom. The third kappa shape index (κ3) is 1.79. The lowest BCUT2D eigenvalue weighted by atomic mass is 10.2. The second-order valence-electron chi connectivity index (χ2n) is 1.94. The number of hydrogen-bond acceptors (Lipinski definition) is 2. The molecule has 1 heterocycles. The van der Waals surface area contributed by atoms with Crippen LogP contribution in [0.25, 0.3) is 0 Å². The Balaban J connectivity index is 2.61. The van der Waals surface area contributed by atoms with Crippen LogP contribution in [-0.4, -0.2) is 0 Å². The van der Waals surface area contributed by atoms with Crippen molar-refractivity contribution < 1.29 is 0 Å². The lowest BCUT2D eigenvalue weighted by molar-refractivity contribution is 1.14. The van der Waals surface area contributed by atoms with Crippen molar-refractivity contribution in [1.82, 2.24) is 5.32 Å². The standard InChI is InChI=1S/C8H8N2/c9-5-4-8-3-1-2-6-10-7-8/h1-3,6-7,10H,4H2. The summed E-state index contributed by atoms with van der Waals surface area (Å²) in [6, 6.07) is 2.08. The lowest BCUT2D eigenvalue weighted by Gasteiger charge is -1.90. The van der Waals surface area contributed by atoms with Crippen LogP contribution in [0.4, 0.5) is 0 Å². The Kier molecular flexibility index (Phi) is 2.33. The van der Waals surface area contributed by atoms with Gasteiger partial charge in [-0.3, -0.25) is 0 Å². The molecule has 2 heteroatoms. The summed E-state index contributed by atoms with van der Waals surface area (Å²) in [5, 5.41) is 11.3. The molecule has 0 aromatic rings. The van der Waals surface area contributed by atoms with Crippen LogP contribution in [0.1, 0.15) is 6.42 Å². The SMILES string of the molecule is N#CCC1=CNC=CC=C1. The molecule has 10 heavy (non-hydrogen) atoms. The van der Waals surface area contributed by atoms with Crippen molar-refractivity contribution in [3.8, 4) is 6.07 Å². The van der Waals surface area contributed by atoms with Crippen LogP contribution in [0.3, 0.4) is 0 Å². The van der Waals surface area contributed by atoms with E-state index in [0.717, 1.165) is 5.57 Å². The van der Waals surface area contributed by atoms with Gasteiger partial charge in [0.15, 0.2) is 0 Å². The number of rotatable bonds is 1. The monoisotopic (exact) mass is 132 g/mol.